The number of rotatable bonds is 5. The molecule has 0 unspecified atom stereocenters. The molecule has 0 aromatic heterocycles. The van der Waals surface area contributed by atoms with E-state index >= 15 is 0 Å². The number of hydrazone groups is 1. The molecule has 2 aromatic rings. The fourth-order valence-corrected chi connectivity index (χ4v) is 1.77. The van der Waals surface area contributed by atoms with Gasteiger partial charge in [-0.1, -0.05) is 24.3 Å². The van der Waals surface area contributed by atoms with Crippen LogP contribution in [0.2, 0.25) is 0 Å². The second kappa shape index (κ2) is 6.98. The maximum atomic E-state index is 11.9. The molecule has 0 atom stereocenters. The van der Waals surface area contributed by atoms with Crippen molar-refractivity contribution in [2.75, 3.05) is 7.11 Å². The van der Waals surface area contributed by atoms with Crippen molar-refractivity contribution in [2.45, 2.75) is 0 Å². The quantitative estimate of drug-likeness (QED) is 0.521. The number of nitro benzene ring substituents is 1. The van der Waals surface area contributed by atoms with Crippen LogP contribution in [0.4, 0.5) is 5.69 Å². The first-order valence-electron chi connectivity index (χ1n) is 6.32. The lowest BCUT2D eigenvalue weighted by molar-refractivity contribution is -0.385. The van der Waals surface area contributed by atoms with Crippen LogP contribution in [0.1, 0.15) is 15.9 Å². The predicted molar refractivity (Wildman–Crippen MR) is 81.2 cm³/mol. The number of methoxy groups -OCH3 is 1. The van der Waals surface area contributed by atoms with Gasteiger partial charge in [-0.05, 0) is 23.8 Å². The SMILES string of the molecule is COc1cccc(C=NNC(=O)c2ccccc2[N+](=O)[O-])c1. The highest BCUT2D eigenvalue weighted by molar-refractivity contribution is 5.98. The Kier molecular flexibility index (Phi) is 4.81. The number of nitro groups is 1. The van der Waals surface area contributed by atoms with E-state index < -0.39 is 10.8 Å². The first kappa shape index (κ1) is 15.2. The predicted octanol–water partition coefficient (Wildman–Crippen LogP) is 2.37. The maximum absolute atomic E-state index is 11.9. The van der Waals surface area contributed by atoms with E-state index in [1.807, 2.05) is 0 Å². The number of hydrogen-bond acceptors (Lipinski definition) is 5. The van der Waals surface area contributed by atoms with Crippen molar-refractivity contribution in [1.82, 2.24) is 5.43 Å². The molecule has 112 valence electrons. The normalized spacial score (nSPS) is 10.4. The highest BCUT2D eigenvalue weighted by Crippen LogP contribution is 2.17. The molecule has 0 heterocycles. The molecule has 0 aliphatic rings. The first-order chi connectivity index (χ1) is 10.6. The van der Waals surface area contributed by atoms with Gasteiger partial charge in [0.05, 0.1) is 18.2 Å². The van der Waals surface area contributed by atoms with Gasteiger partial charge in [-0.15, -0.1) is 0 Å². The molecule has 0 radical (unpaired) electrons. The molecule has 0 aliphatic carbocycles. The second-order valence-electron chi connectivity index (χ2n) is 4.25. The van der Waals surface area contributed by atoms with Crippen molar-refractivity contribution in [2.24, 2.45) is 5.10 Å². The third-order valence-corrected chi connectivity index (χ3v) is 2.82. The summed E-state index contributed by atoms with van der Waals surface area (Å²) in [6, 6.07) is 12.8. The minimum Gasteiger partial charge on any atom is -0.497 e. The molecule has 1 N–H and O–H groups in total. The van der Waals surface area contributed by atoms with Crippen LogP contribution in [0.15, 0.2) is 53.6 Å². The molecular weight excluding hydrogens is 286 g/mol. The summed E-state index contributed by atoms with van der Waals surface area (Å²) in [6.45, 7) is 0. The Morgan fingerprint density at radius 3 is 2.77 bits per heavy atom. The van der Waals surface area contributed by atoms with Crippen molar-refractivity contribution in [3.63, 3.8) is 0 Å². The maximum Gasteiger partial charge on any atom is 0.282 e. The number of para-hydroxylation sites is 1. The van der Waals surface area contributed by atoms with E-state index in [0.29, 0.717) is 5.75 Å². The number of carbonyl (C=O) groups is 1. The van der Waals surface area contributed by atoms with E-state index in [1.165, 1.54) is 24.4 Å². The summed E-state index contributed by atoms with van der Waals surface area (Å²) in [6.07, 6.45) is 1.43. The molecular formula is C15H13N3O4. The van der Waals surface area contributed by atoms with Gasteiger partial charge in [-0.25, -0.2) is 5.43 Å². The first-order valence-corrected chi connectivity index (χ1v) is 6.32. The summed E-state index contributed by atoms with van der Waals surface area (Å²) >= 11 is 0. The Hall–Kier alpha value is -3.22. The lowest BCUT2D eigenvalue weighted by atomic mass is 10.2. The molecule has 2 aromatic carbocycles. The fourth-order valence-electron chi connectivity index (χ4n) is 1.77. The van der Waals surface area contributed by atoms with E-state index in [9.17, 15) is 14.9 Å². The lowest BCUT2D eigenvalue weighted by Crippen LogP contribution is -2.18. The molecule has 7 nitrogen and oxygen atoms in total. The minimum atomic E-state index is -0.647. The van der Waals surface area contributed by atoms with Gasteiger partial charge in [0.2, 0.25) is 0 Å². The Morgan fingerprint density at radius 1 is 1.27 bits per heavy atom. The Balaban J connectivity index is 2.10. The number of nitrogens with zero attached hydrogens (tertiary/aromatic N) is 2. The molecule has 0 bridgehead atoms. The zero-order valence-corrected chi connectivity index (χ0v) is 11.7. The number of carbonyl (C=O) groups excluding carboxylic acids is 1. The van der Waals surface area contributed by atoms with E-state index in [1.54, 1.807) is 37.4 Å². The van der Waals surface area contributed by atoms with Crippen LogP contribution in [0, 0.1) is 10.1 Å². The van der Waals surface area contributed by atoms with Gasteiger partial charge in [0, 0.05) is 6.07 Å². The summed E-state index contributed by atoms with van der Waals surface area (Å²) in [5.74, 6) is 0.0143. The average molecular weight is 299 g/mol. The van der Waals surface area contributed by atoms with Gasteiger partial charge in [0.25, 0.3) is 11.6 Å². The molecule has 0 saturated heterocycles. The molecule has 0 aliphatic heterocycles. The van der Waals surface area contributed by atoms with Crippen LogP contribution in [-0.2, 0) is 0 Å². The summed E-state index contributed by atoms with van der Waals surface area (Å²) in [5, 5.41) is 14.7. The highest BCUT2D eigenvalue weighted by Gasteiger charge is 2.18. The number of ether oxygens (including phenoxy) is 1. The van der Waals surface area contributed by atoms with Gasteiger partial charge < -0.3 is 4.74 Å². The van der Waals surface area contributed by atoms with Crippen LogP contribution in [0.3, 0.4) is 0 Å². The Morgan fingerprint density at radius 2 is 2.05 bits per heavy atom. The molecule has 7 heteroatoms. The number of amides is 1. The molecule has 0 saturated carbocycles. The lowest BCUT2D eigenvalue weighted by Gasteiger charge is -2.02. The van der Waals surface area contributed by atoms with Gasteiger partial charge in [0.1, 0.15) is 11.3 Å². The standard InChI is InChI=1S/C15H13N3O4/c1-22-12-6-4-5-11(9-12)10-16-17-15(19)13-7-2-3-8-14(13)18(20)21/h2-10H,1H3,(H,17,19). The van der Waals surface area contributed by atoms with E-state index in [-0.39, 0.29) is 11.3 Å². The molecule has 22 heavy (non-hydrogen) atoms. The van der Waals surface area contributed by atoms with E-state index in [2.05, 4.69) is 10.5 Å². The fraction of sp³-hybridized carbons (Fsp3) is 0.0667. The van der Waals surface area contributed by atoms with Gasteiger partial charge in [-0.3, -0.25) is 14.9 Å². The van der Waals surface area contributed by atoms with Crippen LogP contribution in [0.5, 0.6) is 5.75 Å². The third-order valence-electron chi connectivity index (χ3n) is 2.82. The molecule has 1 amide bonds. The van der Waals surface area contributed by atoms with Crippen molar-refractivity contribution in [1.29, 1.82) is 0 Å². The Labute approximate surface area is 126 Å². The number of hydrogen-bond donors (Lipinski definition) is 1. The van der Waals surface area contributed by atoms with Crippen molar-refractivity contribution >= 4 is 17.8 Å². The molecule has 0 spiro atoms. The summed E-state index contributed by atoms with van der Waals surface area (Å²) in [5.41, 5.74) is 2.68. The topological polar surface area (TPSA) is 93.8 Å². The second-order valence-corrected chi connectivity index (χ2v) is 4.25. The van der Waals surface area contributed by atoms with Gasteiger partial charge in [0.15, 0.2) is 0 Å². The smallest absolute Gasteiger partial charge is 0.282 e. The van der Waals surface area contributed by atoms with Crippen molar-refractivity contribution < 1.29 is 14.5 Å². The van der Waals surface area contributed by atoms with Crippen molar-refractivity contribution in [3.8, 4) is 5.75 Å². The van der Waals surface area contributed by atoms with E-state index in [0.717, 1.165) is 5.56 Å². The van der Waals surface area contributed by atoms with E-state index in [4.69, 9.17) is 4.74 Å². The molecule has 0 fully saturated rings. The average Bonchev–Trinajstić information content (AvgIpc) is 2.55. The summed E-state index contributed by atoms with van der Waals surface area (Å²) < 4.78 is 5.07. The van der Waals surface area contributed by atoms with Crippen LogP contribution < -0.4 is 10.2 Å². The zero-order chi connectivity index (χ0) is 15.9. The number of nitrogens with one attached hydrogen (secondary N) is 1. The Bertz CT molecular complexity index is 728. The highest BCUT2D eigenvalue weighted by atomic mass is 16.6. The largest absolute Gasteiger partial charge is 0.497 e. The third kappa shape index (κ3) is 3.66. The summed E-state index contributed by atoms with van der Waals surface area (Å²) in [7, 11) is 1.55. The zero-order valence-electron chi connectivity index (χ0n) is 11.7. The van der Waals surface area contributed by atoms with Gasteiger partial charge >= 0.3 is 0 Å². The van der Waals surface area contributed by atoms with Gasteiger partial charge in [-0.2, -0.15) is 5.10 Å². The summed E-state index contributed by atoms with van der Waals surface area (Å²) in [4.78, 5) is 22.2. The van der Waals surface area contributed by atoms with Crippen LogP contribution >= 0.6 is 0 Å². The molecule has 2 rings (SSSR count). The van der Waals surface area contributed by atoms with Crippen molar-refractivity contribution in [3.05, 3.63) is 69.8 Å². The van der Waals surface area contributed by atoms with Crippen LogP contribution in [0.25, 0.3) is 0 Å². The minimum absolute atomic E-state index is 0.0460. The number of benzene rings is 2. The monoisotopic (exact) mass is 299 g/mol. The van der Waals surface area contributed by atoms with Crippen LogP contribution in [-0.4, -0.2) is 24.2 Å².